The zero-order chi connectivity index (χ0) is 15.8. The van der Waals surface area contributed by atoms with Crippen LogP contribution in [0.1, 0.15) is 6.42 Å². The molecule has 3 amide bonds. The average Bonchev–Trinajstić information content (AvgIpc) is 2.65. The van der Waals surface area contributed by atoms with E-state index in [1.807, 2.05) is 5.32 Å². The molecule has 21 heavy (non-hydrogen) atoms. The standard InChI is InChI=1S/C9H15N2O9P/c12-3-4-6(14)7(20-21(16,17)18)8(19-4)11-2-1-5(13)10-9(11)15/h4,6-8,12,14H,1-3H2,(H,10,13,15)(H2,16,17,18)/t4-,6-,7-,8-/m1/s1. The molecule has 2 fully saturated rings. The number of imide groups is 1. The molecule has 0 aromatic carbocycles. The Morgan fingerprint density at radius 3 is 2.62 bits per heavy atom. The van der Waals surface area contributed by atoms with Crippen molar-refractivity contribution in [1.82, 2.24) is 10.2 Å². The van der Waals surface area contributed by atoms with Gasteiger partial charge >= 0.3 is 13.9 Å². The minimum Gasteiger partial charge on any atom is -0.394 e. The first-order valence-electron chi connectivity index (χ1n) is 6.01. The molecular weight excluding hydrogens is 311 g/mol. The van der Waals surface area contributed by atoms with Crippen LogP contribution in [0.25, 0.3) is 0 Å². The molecular formula is C9H15N2O9P. The highest BCUT2D eigenvalue weighted by Gasteiger charge is 2.51. The Morgan fingerprint density at radius 1 is 1.43 bits per heavy atom. The van der Waals surface area contributed by atoms with Crippen molar-refractivity contribution in [2.75, 3.05) is 13.2 Å². The molecule has 0 aliphatic carbocycles. The first kappa shape index (κ1) is 16.3. The van der Waals surface area contributed by atoms with Crippen LogP contribution in [-0.4, -0.2) is 74.5 Å². The van der Waals surface area contributed by atoms with Gasteiger partial charge in [-0.15, -0.1) is 0 Å². The summed E-state index contributed by atoms with van der Waals surface area (Å²) in [5.74, 6) is -0.499. The van der Waals surface area contributed by atoms with Crippen LogP contribution in [0, 0.1) is 0 Å². The summed E-state index contributed by atoms with van der Waals surface area (Å²) in [7, 11) is -4.96. The van der Waals surface area contributed by atoms with E-state index in [1.54, 1.807) is 0 Å². The fourth-order valence-corrected chi connectivity index (χ4v) is 2.76. The van der Waals surface area contributed by atoms with Gasteiger partial charge in [0.05, 0.1) is 6.61 Å². The first-order valence-corrected chi connectivity index (χ1v) is 7.55. The minimum atomic E-state index is -4.96. The van der Waals surface area contributed by atoms with Gasteiger partial charge in [0, 0.05) is 13.0 Å². The zero-order valence-electron chi connectivity index (χ0n) is 10.7. The summed E-state index contributed by atoms with van der Waals surface area (Å²) in [6.45, 7) is -0.700. The summed E-state index contributed by atoms with van der Waals surface area (Å²) in [6.07, 6.45) is -5.64. The van der Waals surface area contributed by atoms with Gasteiger partial charge in [0.15, 0.2) is 6.23 Å². The number of nitrogens with one attached hydrogen (secondary N) is 1. The molecule has 12 heteroatoms. The fourth-order valence-electron chi connectivity index (χ4n) is 2.21. The van der Waals surface area contributed by atoms with Crippen molar-refractivity contribution in [3.63, 3.8) is 0 Å². The number of phosphoric ester groups is 1. The summed E-state index contributed by atoms with van der Waals surface area (Å²) < 4.78 is 20.6. The molecule has 11 nitrogen and oxygen atoms in total. The van der Waals surface area contributed by atoms with Crippen molar-refractivity contribution in [2.45, 2.75) is 31.0 Å². The van der Waals surface area contributed by atoms with Crippen molar-refractivity contribution < 1.29 is 43.4 Å². The van der Waals surface area contributed by atoms with E-state index in [4.69, 9.17) is 19.6 Å². The minimum absolute atomic E-state index is 0.0336. The van der Waals surface area contributed by atoms with Crippen molar-refractivity contribution in [3.8, 4) is 0 Å². The lowest BCUT2D eigenvalue weighted by atomic mass is 10.1. The largest absolute Gasteiger partial charge is 0.470 e. The van der Waals surface area contributed by atoms with E-state index in [-0.39, 0.29) is 13.0 Å². The number of aliphatic hydroxyl groups is 2. The van der Waals surface area contributed by atoms with Gasteiger partial charge in [-0.05, 0) is 0 Å². The second-order valence-electron chi connectivity index (χ2n) is 4.60. The maximum atomic E-state index is 11.7. The molecule has 5 N–H and O–H groups in total. The molecule has 0 aromatic rings. The predicted molar refractivity (Wildman–Crippen MR) is 63.5 cm³/mol. The molecule has 2 aliphatic heterocycles. The van der Waals surface area contributed by atoms with E-state index in [9.17, 15) is 19.3 Å². The molecule has 2 heterocycles. The number of carbonyl (C=O) groups excluding carboxylic acids is 2. The van der Waals surface area contributed by atoms with E-state index in [0.29, 0.717) is 0 Å². The number of aliphatic hydroxyl groups excluding tert-OH is 2. The van der Waals surface area contributed by atoms with Crippen LogP contribution in [0.3, 0.4) is 0 Å². The second-order valence-corrected chi connectivity index (χ2v) is 5.79. The van der Waals surface area contributed by atoms with E-state index in [2.05, 4.69) is 4.52 Å². The molecule has 0 bridgehead atoms. The molecule has 2 saturated heterocycles. The van der Waals surface area contributed by atoms with Crippen LogP contribution in [-0.2, 0) is 18.6 Å². The Balaban J connectivity index is 2.20. The number of phosphoric acid groups is 1. The van der Waals surface area contributed by atoms with E-state index >= 15 is 0 Å². The number of amides is 3. The fraction of sp³-hybridized carbons (Fsp3) is 0.778. The number of ether oxygens (including phenoxy) is 1. The van der Waals surface area contributed by atoms with Crippen LogP contribution < -0.4 is 5.32 Å². The molecule has 0 saturated carbocycles. The lowest BCUT2D eigenvalue weighted by Gasteiger charge is -2.34. The highest BCUT2D eigenvalue weighted by molar-refractivity contribution is 7.46. The molecule has 0 aromatic heterocycles. The van der Waals surface area contributed by atoms with Crippen molar-refractivity contribution in [2.24, 2.45) is 0 Å². The van der Waals surface area contributed by atoms with Gasteiger partial charge in [-0.1, -0.05) is 0 Å². The maximum absolute atomic E-state index is 11.7. The number of nitrogens with zero attached hydrogens (tertiary/aromatic N) is 1. The summed E-state index contributed by atoms with van der Waals surface area (Å²) in [6, 6.07) is -0.832. The smallest absolute Gasteiger partial charge is 0.394 e. The Kier molecular flexibility index (Phi) is 4.63. The van der Waals surface area contributed by atoms with Crippen molar-refractivity contribution in [3.05, 3.63) is 0 Å². The summed E-state index contributed by atoms with van der Waals surface area (Å²) >= 11 is 0. The molecule has 2 aliphatic rings. The molecule has 4 atom stereocenters. The SMILES string of the molecule is O=C1CCN([C@@H]2O[C@H](CO)[C@@H](O)[C@H]2OP(=O)(O)O)C(=O)N1. The maximum Gasteiger partial charge on any atom is 0.470 e. The Bertz CT molecular complexity index is 480. The lowest BCUT2D eigenvalue weighted by Crippen LogP contribution is -2.57. The third-order valence-corrected chi connectivity index (χ3v) is 3.66. The summed E-state index contributed by atoms with van der Waals surface area (Å²) in [4.78, 5) is 41.5. The zero-order valence-corrected chi connectivity index (χ0v) is 11.5. The lowest BCUT2D eigenvalue weighted by molar-refractivity contribution is -0.125. The normalized spacial score (nSPS) is 34.2. The van der Waals surface area contributed by atoms with Crippen LogP contribution in [0.2, 0.25) is 0 Å². The average molecular weight is 326 g/mol. The molecule has 2 rings (SSSR count). The number of hydrogen-bond donors (Lipinski definition) is 5. The van der Waals surface area contributed by atoms with E-state index in [1.165, 1.54) is 0 Å². The molecule has 0 spiro atoms. The van der Waals surface area contributed by atoms with Gasteiger partial charge in [0.25, 0.3) is 0 Å². The van der Waals surface area contributed by atoms with Crippen LogP contribution in [0.4, 0.5) is 4.79 Å². The van der Waals surface area contributed by atoms with Crippen LogP contribution in [0.15, 0.2) is 0 Å². The number of carbonyl (C=O) groups is 2. The Morgan fingerprint density at radius 2 is 2.10 bits per heavy atom. The first-order chi connectivity index (χ1) is 9.73. The number of hydrogen-bond acceptors (Lipinski definition) is 7. The highest BCUT2D eigenvalue weighted by atomic mass is 31.2. The van der Waals surface area contributed by atoms with Gasteiger partial charge in [-0.25, -0.2) is 9.36 Å². The third-order valence-electron chi connectivity index (χ3n) is 3.15. The van der Waals surface area contributed by atoms with Crippen LogP contribution >= 0.6 is 7.82 Å². The third kappa shape index (κ3) is 3.58. The topological polar surface area (TPSA) is 166 Å². The van der Waals surface area contributed by atoms with Crippen molar-refractivity contribution >= 4 is 19.8 Å². The molecule has 0 radical (unpaired) electrons. The van der Waals surface area contributed by atoms with Gasteiger partial charge in [0.2, 0.25) is 5.91 Å². The Labute approximate surface area is 118 Å². The predicted octanol–water partition coefficient (Wildman–Crippen LogP) is -2.52. The number of rotatable bonds is 4. The number of urea groups is 1. The van der Waals surface area contributed by atoms with Gasteiger partial charge in [-0.2, -0.15) is 0 Å². The second kappa shape index (κ2) is 5.97. The van der Waals surface area contributed by atoms with E-state index < -0.39 is 50.9 Å². The molecule has 0 unspecified atom stereocenters. The monoisotopic (exact) mass is 326 g/mol. The van der Waals surface area contributed by atoms with Crippen LogP contribution in [0.5, 0.6) is 0 Å². The van der Waals surface area contributed by atoms with E-state index in [0.717, 1.165) is 4.90 Å². The quantitative estimate of drug-likeness (QED) is 0.350. The summed E-state index contributed by atoms with van der Waals surface area (Å²) in [5.41, 5.74) is 0. The van der Waals surface area contributed by atoms with Gasteiger partial charge < -0.3 is 24.7 Å². The van der Waals surface area contributed by atoms with Gasteiger partial charge in [0.1, 0.15) is 18.3 Å². The van der Waals surface area contributed by atoms with Crippen molar-refractivity contribution in [1.29, 1.82) is 0 Å². The molecule has 120 valence electrons. The van der Waals surface area contributed by atoms with Gasteiger partial charge in [-0.3, -0.25) is 19.5 Å². The highest BCUT2D eigenvalue weighted by Crippen LogP contribution is 2.42. The summed E-state index contributed by atoms with van der Waals surface area (Å²) in [5, 5.41) is 21.0. The Hall–Kier alpha value is -1.07.